The topological polar surface area (TPSA) is 70.8 Å². The van der Waals surface area contributed by atoms with Gasteiger partial charge in [0.15, 0.2) is 5.60 Å². The predicted octanol–water partition coefficient (Wildman–Crippen LogP) is 1.54. The Kier molecular flexibility index (Phi) is 4.42. The highest BCUT2D eigenvalue weighted by Crippen LogP contribution is 2.22. The molecule has 1 atom stereocenters. The van der Waals surface area contributed by atoms with E-state index >= 15 is 0 Å². The number of benzene rings is 1. The number of hydrogen-bond acceptors (Lipinski definition) is 5. The average molecular weight is 277 g/mol. The second kappa shape index (κ2) is 6.07. The minimum absolute atomic E-state index is 0.183. The predicted molar refractivity (Wildman–Crippen MR) is 74.2 cm³/mol. The first-order chi connectivity index (χ1) is 9.59. The largest absolute Gasteiger partial charge is 0.496 e. The molecular weight excluding hydrogens is 258 g/mol. The van der Waals surface area contributed by atoms with Gasteiger partial charge < -0.3 is 19.9 Å². The SMILES string of the molecule is COc1ccc(COC(=O)C2(C)C=CCO2)cc1CN. The molecule has 1 aliphatic rings. The maximum absolute atomic E-state index is 12.0. The van der Waals surface area contributed by atoms with Crippen molar-refractivity contribution < 1.29 is 19.0 Å². The molecule has 1 aromatic carbocycles. The molecule has 5 nitrogen and oxygen atoms in total. The summed E-state index contributed by atoms with van der Waals surface area (Å²) in [4.78, 5) is 12.0. The minimum Gasteiger partial charge on any atom is -0.496 e. The maximum atomic E-state index is 12.0. The van der Waals surface area contributed by atoms with Crippen LogP contribution in [-0.2, 0) is 27.4 Å². The van der Waals surface area contributed by atoms with Crippen LogP contribution in [0.1, 0.15) is 18.1 Å². The molecule has 5 heteroatoms. The van der Waals surface area contributed by atoms with Crippen LogP contribution in [0.25, 0.3) is 0 Å². The molecule has 0 spiro atoms. The van der Waals surface area contributed by atoms with Crippen molar-refractivity contribution in [2.45, 2.75) is 25.7 Å². The summed E-state index contributed by atoms with van der Waals surface area (Å²) in [5, 5.41) is 0. The third-order valence-electron chi connectivity index (χ3n) is 3.26. The second-order valence-electron chi connectivity index (χ2n) is 4.75. The molecule has 0 saturated heterocycles. The van der Waals surface area contributed by atoms with Gasteiger partial charge in [0.25, 0.3) is 0 Å². The van der Waals surface area contributed by atoms with Crippen LogP contribution in [0.2, 0.25) is 0 Å². The molecule has 0 fully saturated rings. The highest BCUT2D eigenvalue weighted by atomic mass is 16.6. The van der Waals surface area contributed by atoms with Crippen LogP contribution >= 0.6 is 0 Å². The van der Waals surface area contributed by atoms with Crippen molar-refractivity contribution in [1.82, 2.24) is 0 Å². The molecule has 2 N–H and O–H groups in total. The smallest absolute Gasteiger partial charge is 0.342 e. The van der Waals surface area contributed by atoms with E-state index in [9.17, 15) is 4.79 Å². The third kappa shape index (κ3) is 3.00. The van der Waals surface area contributed by atoms with E-state index in [2.05, 4.69) is 0 Å². The third-order valence-corrected chi connectivity index (χ3v) is 3.26. The summed E-state index contributed by atoms with van der Waals surface area (Å²) in [6.45, 7) is 2.68. The molecule has 0 amide bonds. The summed E-state index contributed by atoms with van der Waals surface area (Å²) in [7, 11) is 1.60. The van der Waals surface area contributed by atoms with Gasteiger partial charge in [-0.15, -0.1) is 0 Å². The van der Waals surface area contributed by atoms with Crippen LogP contribution in [-0.4, -0.2) is 25.3 Å². The van der Waals surface area contributed by atoms with Crippen LogP contribution in [0.15, 0.2) is 30.4 Å². The molecule has 1 heterocycles. The highest BCUT2D eigenvalue weighted by molar-refractivity contribution is 5.82. The zero-order valence-corrected chi connectivity index (χ0v) is 11.7. The lowest BCUT2D eigenvalue weighted by molar-refractivity contribution is -0.163. The van der Waals surface area contributed by atoms with Crippen LogP contribution in [0.5, 0.6) is 5.75 Å². The quantitative estimate of drug-likeness (QED) is 0.653. The Hall–Kier alpha value is -1.85. The van der Waals surface area contributed by atoms with Crippen LogP contribution in [0.4, 0.5) is 0 Å². The lowest BCUT2D eigenvalue weighted by Gasteiger charge is -2.19. The first kappa shape index (κ1) is 14.6. The monoisotopic (exact) mass is 277 g/mol. The summed E-state index contributed by atoms with van der Waals surface area (Å²) in [6.07, 6.45) is 3.52. The van der Waals surface area contributed by atoms with E-state index in [-0.39, 0.29) is 6.61 Å². The van der Waals surface area contributed by atoms with E-state index < -0.39 is 11.6 Å². The molecule has 0 radical (unpaired) electrons. The highest BCUT2D eigenvalue weighted by Gasteiger charge is 2.35. The van der Waals surface area contributed by atoms with Gasteiger partial charge in [-0.1, -0.05) is 12.1 Å². The average Bonchev–Trinajstić information content (AvgIpc) is 2.92. The van der Waals surface area contributed by atoms with Gasteiger partial charge in [-0.25, -0.2) is 4.79 Å². The van der Waals surface area contributed by atoms with Crippen molar-refractivity contribution in [1.29, 1.82) is 0 Å². The lowest BCUT2D eigenvalue weighted by atomic mass is 10.1. The number of hydrogen-bond donors (Lipinski definition) is 1. The van der Waals surface area contributed by atoms with Gasteiger partial charge in [-0.05, 0) is 30.7 Å². The van der Waals surface area contributed by atoms with Crippen LogP contribution < -0.4 is 10.5 Å². The fourth-order valence-corrected chi connectivity index (χ4v) is 2.04. The normalized spacial score (nSPS) is 20.9. The number of carbonyl (C=O) groups excluding carboxylic acids is 1. The first-order valence-electron chi connectivity index (χ1n) is 6.44. The Morgan fingerprint density at radius 1 is 1.50 bits per heavy atom. The van der Waals surface area contributed by atoms with Gasteiger partial charge in [0.1, 0.15) is 12.4 Å². The van der Waals surface area contributed by atoms with Crippen LogP contribution in [0.3, 0.4) is 0 Å². The Morgan fingerprint density at radius 3 is 2.90 bits per heavy atom. The summed E-state index contributed by atoms with van der Waals surface area (Å²) in [6, 6.07) is 5.54. The number of nitrogens with two attached hydrogens (primary N) is 1. The lowest BCUT2D eigenvalue weighted by Crippen LogP contribution is -2.35. The van der Waals surface area contributed by atoms with Gasteiger partial charge >= 0.3 is 5.97 Å². The van der Waals surface area contributed by atoms with Crippen molar-refractivity contribution in [3.05, 3.63) is 41.5 Å². The number of carbonyl (C=O) groups is 1. The van der Waals surface area contributed by atoms with Gasteiger partial charge in [0, 0.05) is 12.1 Å². The molecule has 1 aliphatic heterocycles. The molecule has 1 aromatic rings. The fourth-order valence-electron chi connectivity index (χ4n) is 2.04. The molecule has 20 heavy (non-hydrogen) atoms. The Balaban J connectivity index is 2.00. The van der Waals surface area contributed by atoms with E-state index in [1.165, 1.54) is 0 Å². The van der Waals surface area contributed by atoms with E-state index in [4.69, 9.17) is 19.9 Å². The second-order valence-corrected chi connectivity index (χ2v) is 4.75. The van der Waals surface area contributed by atoms with Gasteiger partial charge in [0.2, 0.25) is 0 Å². The van der Waals surface area contributed by atoms with Gasteiger partial charge in [-0.2, -0.15) is 0 Å². The molecule has 0 aliphatic carbocycles. The zero-order chi connectivity index (χ0) is 14.6. The maximum Gasteiger partial charge on any atom is 0.342 e. The van der Waals surface area contributed by atoms with Crippen molar-refractivity contribution in [3.63, 3.8) is 0 Å². The Labute approximate surface area is 118 Å². The summed E-state index contributed by atoms with van der Waals surface area (Å²) in [5.74, 6) is 0.341. The van der Waals surface area contributed by atoms with E-state index in [1.54, 1.807) is 26.2 Å². The van der Waals surface area contributed by atoms with Crippen molar-refractivity contribution >= 4 is 5.97 Å². The first-order valence-corrected chi connectivity index (χ1v) is 6.44. The van der Waals surface area contributed by atoms with E-state index in [0.717, 1.165) is 16.9 Å². The minimum atomic E-state index is -0.969. The van der Waals surface area contributed by atoms with Gasteiger partial charge in [0.05, 0.1) is 13.7 Å². The molecule has 0 saturated carbocycles. The Bertz CT molecular complexity index is 527. The van der Waals surface area contributed by atoms with Crippen molar-refractivity contribution in [3.8, 4) is 5.75 Å². The standard InChI is InChI=1S/C15H19NO4/c1-15(6-3-7-20-15)14(17)19-10-11-4-5-13(18-2)12(8-11)9-16/h3-6,8H,7,9-10,16H2,1-2H3. The molecular formula is C15H19NO4. The zero-order valence-electron chi connectivity index (χ0n) is 11.7. The molecule has 108 valence electrons. The fraction of sp³-hybridized carbons (Fsp3) is 0.400. The summed E-state index contributed by atoms with van der Waals surface area (Å²) < 4.78 is 15.8. The molecule has 2 rings (SSSR count). The number of esters is 1. The molecule has 0 aromatic heterocycles. The Morgan fingerprint density at radius 2 is 2.30 bits per heavy atom. The van der Waals surface area contributed by atoms with Crippen molar-refractivity contribution in [2.75, 3.05) is 13.7 Å². The van der Waals surface area contributed by atoms with Gasteiger partial charge in [-0.3, -0.25) is 0 Å². The van der Waals surface area contributed by atoms with Crippen LogP contribution in [0, 0.1) is 0 Å². The van der Waals surface area contributed by atoms with E-state index in [0.29, 0.717) is 13.2 Å². The number of ether oxygens (including phenoxy) is 3. The van der Waals surface area contributed by atoms with Crippen molar-refractivity contribution in [2.24, 2.45) is 5.73 Å². The molecule has 1 unspecified atom stereocenters. The number of methoxy groups -OCH3 is 1. The molecule has 0 bridgehead atoms. The summed E-state index contributed by atoms with van der Waals surface area (Å²) in [5.41, 5.74) is 6.43. The van der Waals surface area contributed by atoms with E-state index in [1.807, 2.05) is 18.2 Å². The number of rotatable bonds is 5. The summed E-state index contributed by atoms with van der Waals surface area (Å²) >= 11 is 0.